The van der Waals surface area contributed by atoms with E-state index in [-0.39, 0.29) is 24.4 Å². The molecule has 0 amide bonds. The first-order valence-electron chi connectivity index (χ1n) is 4.67. The highest BCUT2D eigenvalue weighted by atomic mass is 32.2. The zero-order valence-electron chi connectivity index (χ0n) is 9.10. The van der Waals surface area contributed by atoms with E-state index in [0.29, 0.717) is 5.89 Å². The second-order valence-corrected chi connectivity index (χ2v) is 4.98. The van der Waals surface area contributed by atoms with Crippen molar-refractivity contribution in [3.63, 3.8) is 0 Å². The summed E-state index contributed by atoms with van der Waals surface area (Å²) >= 11 is 0. The third kappa shape index (κ3) is 4.13. The van der Waals surface area contributed by atoms with Crippen molar-refractivity contribution >= 4 is 16.0 Å². The Morgan fingerprint density at radius 2 is 2.19 bits per heavy atom. The molecule has 0 aliphatic heterocycles. The molecule has 0 aromatic carbocycles. The molecule has 9 heteroatoms. The van der Waals surface area contributed by atoms with Crippen LogP contribution in [-0.2, 0) is 10.0 Å². The maximum absolute atomic E-state index is 10.6. The second-order valence-electron chi connectivity index (χ2n) is 3.25. The van der Waals surface area contributed by atoms with Crippen molar-refractivity contribution in [2.75, 3.05) is 24.7 Å². The molecule has 1 aromatic rings. The topological polar surface area (TPSA) is 123 Å². The van der Waals surface area contributed by atoms with E-state index in [4.69, 9.17) is 9.56 Å². The second kappa shape index (κ2) is 5.23. The summed E-state index contributed by atoms with van der Waals surface area (Å²) in [4.78, 5) is 0. The van der Waals surface area contributed by atoms with Crippen molar-refractivity contribution < 1.29 is 12.8 Å². The minimum atomic E-state index is -3.47. The Morgan fingerprint density at radius 3 is 2.75 bits per heavy atom. The fraction of sp³-hybridized carbons (Fsp3) is 0.714. The number of hydrogen-bond acceptors (Lipinski definition) is 7. The van der Waals surface area contributed by atoms with E-state index in [2.05, 4.69) is 20.8 Å². The number of nitrogens with two attached hydrogens (primary N) is 1. The Hall–Kier alpha value is -1.19. The molecular formula is C7H15N5O3S. The summed E-state index contributed by atoms with van der Waals surface area (Å²) < 4.78 is 26.5. The van der Waals surface area contributed by atoms with Gasteiger partial charge in [-0.15, -0.1) is 5.10 Å². The lowest BCUT2D eigenvalue weighted by Crippen LogP contribution is -2.22. The number of hydrogen-bond donors (Lipinski definition) is 3. The predicted molar refractivity (Wildman–Crippen MR) is 58.2 cm³/mol. The van der Waals surface area contributed by atoms with Gasteiger partial charge in [-0.2, -0.15) is 0 Å². The summed E-state index contributed by atoms with van der Waals surface area (Å²) in [5.41, 5.74) is 0. The van der Waals surface area contributed by atoms with Crippen molar-refractivity contribution in [3.05, 3.63) is 5.89 Å². The van der Waals surface area contributed by atoms with Gasteiger partial charge < -0.3 is 15.1 Å². The van der Waals surface area contributed by atoms with E-state index in [1.165, 1.54) is 0 Å². The summed E-state index contributed by atoms with van der Waals surface area (Å²) in [5.74, 6) is 0.243. The fourth-order valence-electron chi connectivity index (χ4n) is 0.905. The molecule has 0 bridgehead atoms. The predicted octanol–water partition coefficient (Wildman–Crippen LogP) is -0.950. The molecule has 92 valence electrons. The molecule has 8 nitrogen and oxygen atoms in total. The lowest BCUT2D eigenvalue weighted by molar-refractivity contribution is 0.441. The SMILES string of the molecule is CNC(C)c1nnc(NCCS(N)(=O)=O)o1. The molecule has 0 fully saturated rings. The van der Waals surface area contributed by atoms with Crippen LogP contribution in [0.15, 0.2) is 4.42 Å². The molecular weight excluding hydrogens is 234 g/mol. The summed E-state index contributed by atoms with van der Waals surface area (Å²) in [5, 5.41) is 17.9. The van der Waals surface area contributed by atoms with Crippen LogP contribution in [0.1, 0.15) is 18.9 Å². The van der Waals surface area contributed by atoms with Gasteiger partial charge in [-0.05, 0) is 14.0 Å². The zero-order valence-corrected chi connectivity index (χ0v) is 9.91. The maximum atomic E-state index is 10.6. The first-order chi connectivity index (χ1) is 7.42. The van der Waals surface area contributed by atoms with Gasteiger partial charge in [-0.25, -0.2) is 13.6 Å². The summed E-state index contributed by atoms with van der Waals surface area (Å²) in [6, 6.07) is 0.127. The molecule has 1 atom stereocenters. The molecule has 16 heavy (non-hydrogen) atoms. The number of nitrogens with zero attached hydrogens (tertiary/aromatic N) is 2. The smallest absolute Gasteiger partial charge is 0.315 e. The molecule has 0 saturated carbocycles. The normalized spacial score (nSPS) is 13.7. The van der Waals surface area contributed by atoms with Crippen LogP contribution in [0.25, 0.3) is 0 Å². The van der Waals surface area contributed by atoms with Gasteiger partial charge in [-0.3, -0.25) is 0 Å². The first-order valence-corrected chi connectivity index (χ1v) is 6.39. The van der Waals surface area contributed by atoms with Crippen LogP contribution in [-0.4, -0.2) is 38.0 Å². The summed E-state index contributed by atoms with van der Waals surface area (Å²) in [7, 11) is -1.71. The van der Waals surface area contributed by atoms with E-state index in [1.807, 2.05) is 6.92 Å². The minimum Gasteiger partial charge on any atom is -0.406 e. The molecule has 1 heterocycles. The van der Waals surface area contributed by atoms with E-state index >= 15 is 0 Å². The van der Waals surface area contributed by atoms with Crippen LogP contribution < -0.4 is 15.8 Å². The third-order valence-corrected chi connectivity index (χ3v) is 2.68. The first kappa shape index (κ1) is 12.9. The molecule has 1 aromatic heterocycles. The van der Waals surface area contributed by atoms with Gasteiger partial charge in [0.2, 0.25) is 15.9 Å². The van der Waals surface area contributed by atoms with Gasteiger partial charge in [0, 0.05) is 6.54 Å². The summed E-state index contributed by atoms with van der Waals surface area (Å²) in [6.07, 6.45) is 0. The third-order valence-electron chi connectivity index (χ3n) is 1.91. The number of sulfonamides is 1. The van der Waals surface area contributed by atoms with Gasteiger partial charge in [0.15, 0.2) is 0 Å². The molecule has 0 aliphatic rings. The van der Waals surface area contributed by atoms with E-state index in [0.717, 1.165) is 0 Å². The van der Waals surface area contributed by atoms with Crippen LogP contribution in [0.2, 0.25) is 0 Å². The summed E-state index contributed by atoms with van der Waals surface area (Å²) in [6.45, 7) is 2.00. The maximum Gasteiger partial charge on any atom is 0.315 e. The fourth-order valence-corrected chi connectivity index (χ4v) is 1.29. The van der Waals surface area contributed by atoms with Gasteiger partial charge in [-0.1, -0.05) is 5.10 Å². The average Bonchev–Trinajstić information content (AvgIpc) is 2.63. The van der Waals surface area contributed by atoms with Crippen LogP contribution in [0, 0.1) is 0 Å². The highest BCUT2D eigenvalue weighted by Gasteiger charge is 2.11. The lowest BCUT2D eigenvalue weighted by atomic mass is 10.3. The van der Waals surface area contributed by atoms with Crippen LogP contribution in [0.3, 0.4) is 0 Å². The van der Waals surface area contributed by atoms with Crippen LogP contribution >= 0.6 is 0 Å². The molecule has 1 unspecified atom stereocenters. The number of nitrogens with one attached hydrogen (secondary N) is 2. The standard InChI is InChI=1S/C7H15N5O3S/c1-5(9-2)6-11-12-7(15-6)10-3-4-16(8,13)14/h5,9H,3-4H2,1-2H3,(H,10,12)(H2,8,13,14). The van der Waals surface area contributed by atoms with Gasteiger partial charge in [0.25, 0.3) is 0 Å². The molecule has 0 spiro atoms. The van der Waals surface area contributed by atoms with E-state index < -0.39 is 10.0 Å². The van der Waals surface area contributed by atoms with Crippen molar-refractivity contribution in [1.29, 1.82) is 0 Å². The monoisotopic (exact) mass is 249 g/mol. The van der Waals surface area contributed by atoms with E-state index in [9.17, 15) is 8.42 Å². The minimum absolute atomic E-state index is 0.0544. The number of rotatable bonds is 6. The quantitative estimate of drug-likeness (QED) is 0.594. The van der Waals surface area contributed by atoms with Gasteiger partial charge in [0.05, 0.1) is 11.8 Å². The van der Waals surface area contributed by atoms with Crippen molar-refractivity contribution in [2.45, 2.75) is 13.0 Å². The number of anilines is 1. The van der Waals surface area contributed by atoms with Crippen molar-refractivity contribution in [2.24, 2.45) is 5.14 Å². The Morgan fingerprint density at radius 1 is 1.50 bits per heavy atom. The van der Waals surface area contributed by atoms with Gasteiger partial charge in [0.1, 0.15) is 0 Å². The van der Waals surface area contributed by atoms with Crippen molar-refractivity contribution in [3.8, 4) is 0 Å². The van der Waals surface area contributed by atoms with Crippen LogP contribution in [0.4, 0.5) is 6.01 Å². The molecule has 0 saturated heterocycles. The van der Waals surface area contributed by atoms with Crippen LogP contribution in [0.5, 0.6) is 0 Å². The Kier molecular flexibility index (Phi) is 4.21. The number of primary sulfonamides is 1. The van der Waals surface area contributed by atoms with E-state index in [1.54, 1.807) is 7.05 Å². The number of aromatic nitrogens is 2. The molecule has 0 aliphatic carbocycles. The molecule has 0 radical (unpaired) electrons. The van der Waals surface area contributed by atoms with Crippen molar-refractivity contribution in [1.82, 2.24) is 15.5 Å². The zero-order chi connectivity index (χ0) is 12.2. The van der Waals surface area contributed by atoms with Gasteiger partial charge >= 0.3 is 6.01 Å². The lowest BCUT2D eigenvalue weighted by Gasteiger charge is -2.02. The molecule has 4 N–H and O–H groups in total. The molecule has 1 rings (SSSR count). The highest BCUT2D eigenvalue weighted by Crippen LogP contribution is 2.12. The largest absolute Gasteiger partial charge is 0.406 e. The highest BCUT2D eigenvalue weighted by molar-refractivity contribution is 7.89. The Bertz CT molecular complexity index is 429. The Balaban J connectivity index is 2.47. The average molecular weight is 249 g/mol. The Labute approximate surface area is 93.7 Å².